The summed E-state index contributed by atoms with van der Waals surface area (Å²) in [5.41, 5.74) is 1.19. The molecule has 0 aromatic heterocycles. The predicted octanol–water partition coefficient (Wildman–Crippen LogP) is 2.95. The molecular formula is C15H11O3. The van der Waals surface area contributed by atoms with Crippen molar-refractivity contribution < 1.29 is 14.2 Å². The van der Waals surface area contributed by atoms with Crippen LogP contribution in [0.4, 0.5) is 0 Å². The molecule has 1 atom stereocenters. The summed E-state index contributed by atoms with van der Waals surface area (Å²) in [5, 5.41) is 0. The summed E-state index contributed by atoms with van der Waals surface area (Å²) in [6.45, 7) is 0. The molecule has 0 bridgehead atoms. The normalized spacial score (nSPS) is 20.6. The molecule has 2 aromatic rings. The van der Waals surface area contributed by atoms with Gasteiger partial charge in [-0.2, -0.15) is 0 Å². The molecule has 2 heterocycles. The van der Waals surface area contributed by atoms with Crippen LogP contribution in [-0.4, -0.2) is 6.10 Å². The van der Waals surface area contributed by atoms with Gasteiger partial charge in [-0.1, -0.05) is 30.3 Å². The Morgan fingerprint density at radius 3 is 2.06 bits per heavy atom. The fourth-order valence-corrected chi connectivity index (χ4v) is 2.30. The van der Waals surface area contributed by atoms with Crippen LogP contribution in [0.25, 0.3) is 0 Å². The van der Waals surface area contributed by atoms with Crippen molar-refractivity contribution in [2.75, 3.05) is 0 Å². The molecule has 3 heteroatoms. The Balaban J connectivity index is 1.56. The summed E-state index contributed by atoms with van der Waals surface area (Å²) in [6.07, 6.45) is 1.17. The molecule has 0 N–H and O–H groups in total. The van der Waals surface area contributed by atoms with Crippen molar-refractivity contribution in [1.29, 1.82) is 0 Å². The molecule has 2 aromatic carbocycles. The van der Waals surface area contributed by atoms with E-state index in [1.165, 1.54) is 5.56 Å². The van der Waals surface area contributed by atoms with Crippen LogP contribution in [0.2, 0.25) is 0 Å². The molecule has 89 valence electrons. The van der Waals surface area contributed by atoms with Gasteiger partial charge in [0, 0.05) is 6.42 Å². The molecule has 4 rings (SSSR count). The second-order valence-electron chi connectivity index (χ2n) is 4.39. The summed E-state index contributed by atoms with van der Waals surface area (Å²) in [7, 11) is 0. The number of hydrogen-bond donors (Lipinski definition) is 0. The Hall–Kier alpha value is -2.16. The molecule has 18 heavy (non-hydrogen) atoms. The van der Waals surface area contributed by atoms with E-state index in [2.05, 4.69) is 6.07 Å². The molecule has 1 radical (unpaired) electrons. The minimum Gasteiger partial charge on any atom is -0.481 e. The molecule has 3 nitrogen and oxygen atoms in total. The molecule has 0 aliphatic carbocycles. The first kappa shape index (κ1) is 9.83. The molecule has 0 saturated heterocycles. The van der Waals surface area contributed by atoms with E-state index in [-0.39, 0.29) is 6.10 Å². The molecule has 0 spiro atoms. The van der Waals surface area contributed by atoms with Crippen molar-refractivity contribution in [3.63, 3.8) is 0 Å². The van der Waals surface area contributed by atoms with E-state index in [0.717, 1.165) is 23.7 Å². The lowest BCUT2D eigenvalue weighted by atomic mass is 10.1. The summed E-state index contributed by atoms with van der Waals surface area (Å²) in [4.78, 5) is 0. The monoisotopic (exact) mass is 239 g/mol. The molecule has 0 amide bonds. The van der Waals surface area contributed by atoms with E-state index in [1.54, 1.807) is 0 Å². The third-order valence-electron chi connectivity index (χ3n) is 3.18. The maximum atomic E-state index is 5.84. The van der Waals surface area contributed by atoms with Gasteiger partial charge in [0.25, 0.3) is 0 Å². The number of fused-ring (bicyclic) bond motifs is 2. The van der Waals surface area contributed by atoms with E-state index in [4.69, 9.17) is 14.2 Å². The lowest BCUT2D eigenvalue weighted by Gasteiger charge is -2.14. The number of para-hydroxylation sites is 3. The van der Waals surface area contributed by atoms with Crippen molar-refractivity contribution in [3.05, 3.63) is 60.4 Å². The molecule has 1 unspecified atom stereocenters. The molecule has 0 saturated carbocycles. The van der Waals surface area contributed by atoms with Crippen molar-refractivity contribution >= 4 is 0 Å². The van der Waals surface area contributed by atoms with Crippen LogP contribution in [0, 0.1) is 6.29 Å². The molecule has 2 aliphatic rings. The predicted molar refractivity (Wildman–Crippen MR) is 65.5 cm³/mol. The Kier molecular flexibility index (Phi) is 2.00. The standard InChI is InChI=1S/C15H11O3/c1-2-6-11-10(5-1)9-14(16-11)15-17-12-7-3-4-8-13(12)18-15/h1-8,14H,9H2. The van der Waals surface area contributed by atoms with Crippen LogP contribution in [0.5, 0.6) is 17.2 Å². The number of hydrogen-bond acceptors (Lipinski definition) is 3. The fraction of sp³-hybridized carbons (Fsp3) is 0.133. The number of benzene rings is 2. The first-order valence-corrected chi connectivity index (χ1v) is 5.96. The highest BCUT2D eigenvalue weighted by molar-refractivity contribution is 5.45. The summed E-state index contributed by atoms with van der Waals surface area (Å²) in [5.74, 6) is 2.43. The fourth-order valence-electron chi connectivity index (χ4n) is 2.30. The molecule has 2 aliphatic heterocycles. The Labute approximate surface area is 105 Å². The van der Waals surface area contributed by atoms with Crippen LogP contribution in [0.3, 0.4) is 0 Å². The van der Waals surface area contributed by atoms with Gasteiger partial charge in [-0.15, -0.1) is 0 Å². The second-order valence-corrected chi connectivity index (χ2v) is 4.39. The van der Waals surface area contributed by atoms with Gasteiger partial charge in [-0.3, -0.25) is 0 Å². The van der Waals surface area contributed by atoms with Crippen molar-refractivity contribution in [1.82, 2.24) is 0 Å². The topological polar surface area (TPSA) is 27.7 Å². The number of rotatable bonds is 1. The Morgan fingerprint density at radius 1 is 0.778 bits per heavy atom. The second kappa shape index (κ2) is 3.67. The van der Waals surface area contributed by atoms with E-state index in [9.17, 15) is 0 Å². The lowest BCUT2D eigenvalue weighted by Crippen LogP contribution is -2.29. The summed E-state index contributed by atoms with van der Waals surface area (Å²) < 4.78 is 17.2. The Bertz CT molecular complexity index is 490. The quantitative estimate of drug-likeness (QED) is 0.765. The maximum Gasteiger partial charge on any atom is 0.372 e. The zero-order valence-electron chi connectivity index (χ0n) is 9.63. The average molecular weight is 239 g/mol. The third kappa shape index (κ3) is 1.44. The zero-order chi connectivity index (χ0) is 11.9. The minimum atomic E-state index is -0.158. The van der Waals surface area contributed by atoms with Gasteiger partial charge in [-0.25, -0.2) is 0 Å². The van der Waals surface area contributed by atoms with E-state index in [0.29, 0.717) is 6.29 Å². The Morgan fingerprint density at radius 2 is 1.39 bits per heavy atom. The van der Waals surface area contributed by atoms with Crippen LogP contribution in [0.15, 0.2) is 48.5 Å². The van der Waals surface area contributed by atoms with E-state index in [1.807, 2.05) is 42.5 Å². The lowest BCUT2D eigenvalue weighted by molar-refractivity contribution is 0.0622. The third-order valence-corrected chi connectivity index (χ3v) is 3.18. The van der Waals surface area contributed by atoms with Gasteiger partial charge in [0.2, 0.25) is 0 Å². The smallest absolute Gasteiger partial charge is 0.372 e. The van der Waals surface area contributed by atoms with Crippen LogP contribution in [-0.2, 0) is 6.42 Å². The molecule has 0 fully saturated rings. The van der Waals surface area contributed by atoms with Gasteiger partial charge in [-0.05, 0) is 23.8 Å². The first-order chi connectivity index (χ1) is 8.90. The van der Waals surface area contributed by atoms with Crippen LogP contribution < -0.4 is 14.2 Å². The molecular weight excluding hydrogens is 228 g/mol. The minimum absolute atomic E-state index is 0.158. The van der Waals surface area contributed by atoms with Gasteiger partial charge in [0.1, 0.15) is 5.75 Å². The summed E-state index contributed by atoms with van der Waals surface area (Å²) in [6, 6.07) is 15.7. The van der Waals surface area contributed by atoms with Crippen molar-refractivity contribution in [2.24, 2.45) is 0 Å². The largest absolute Gasteiger partial charge is 0.481 e. The van der Waals surface area contributed by atoms with Gasteiger partial charge in [0.05, 0.1) is 0 Å². The van der Waals surface area contributed by atoms with Crippen LogP contribution >= 0.6 is 0 Å². The van der Waals surface area contributed by atoms with Gasteiger partial charge < -0.3 is 14.2 Å². The zero-order valence-corrected chi connectivity index (χ0v) is 9.63. The van der Waals surface area contributed by atoms with E-state index >= 15 is 0 Å². The first-order valence-electron chi connectivity index (χ1n) is 5.96. The SMILES string of the molecule is c1ccc2c(c1)CC([C]1Oc3ccccc3O1)O2. The van der Waals surface area contributed by atoms with Crippen molar-refractivity contribution in [2.45, 2.75) is 12.5 Å². The van der Waals surface area contributed by atoms with Crippen LogP contribution in [0.1, 0.15) is 5.56 Å². The average Bonchev–Trinajstić information content (AvgIpc) is 3.02. The highest BCUT2D eigenvalue weighted by Crippen LogP contribution is 2.41. The number of ether oxygens (including phenoxy) is 3. The van der Waals surface area contributed by atoms with Crippen molar-refractivity contribution in [3.8, 4) is 17.2 Å². The highest BCUT2D eigenvalue weighted by atomic mass is 16.7. The van der Waals surface area contributed by atoms with E-state index < -0.39 is 0 Å². The van der Waals surface area contributed by atoms with Gasteiger partial charge in [0.15, 0.2) is 17.6 Å². The summed E-state index contributed by atoms with van der Waals surface area (Å²) >= 11 is 0. The van der Waals surface area contributed by atoms with Gasteiger partial charge >= 0.3 is 6.29 Å². The maximum absolute atomic E-state index is 5.84. The highest BCUT2D eigenvalue weighted by Gasteiger charge is 2.39.